The molecule has 0 saturated carbocycles. The fourth-order valence-corrected chi connectivity index (χ4v) is 1.23. The van der Waals surface area contributed by atoms with E-state index in [1.54, 1.807) is 6.07 Å². The molecule has 0 aliphatic rings. The second-order valence-corrected chi connectivity index (χ2v) is 2.89. The summed E-state index contributed by atoms with van der Waals surface area (Å²) in [5, 5.41) is 7.35. The fourth-order valence-electron chi connectivity index (χ4n) is 1.23. The van der Waals surface area contributed by atoms with Gasteiger partial charge < -0.3 is 15.6 Å². The molecule has 1 heterocycles. The smallest absolute Gasteiger partial charge is 0.177 e. The van der Waals surface area contributed by atoms with E-state index in [1.165, 1.54) is 12.1 Å². The van der Waals surface area contributed by atoms with Crippen molar-refractivity contribution in [1.29, 1.82) is 0 Å². The lowest BCUT2D eigenvalue weighted by molar-refractivity contribution is 0.459. The molecule has 0 aliphatic heterocycles. The summed E-state index contributed by atoms with van der Waals surface area (Å²) in [4.78, 5) is 0. The van der Waals surface area contributed by atoms with Crippen molar-refractivity contribution in [3.63, 3.8) is 0 Å². The first-order valence-corrected chi connectivity index (χ1v) is 4.30. The highest BCUT2D eigenvalue weighted by Crippen LogP contribution is 2.22. The molecule has 0 unspecified atom stereocenters. The highest BCUT2D eigenvalue weighted by Gasteiger charge is 2.07. The number of nitrogens with one attached hydrogen (secondary N) is 1. The summed E-state index contributed by atoms with van der Waals surface area (Å²) in [6, 6.07) is 4.26. The van der Waals surface area contributed by atoms with Gasteiger partial charge in [-0.3, -0.25) is 0 Å². The van der Waals surface area contributed by atoms with Crippen LogP contribution >= 0.6 is 0 Å². The number of nitrogens with zero attached hydrogens (tertiary/aromatic N) is 1. The van der Waals surface area contributed by atoms with Gasteiger partial charge in [-0.15, -0.1) is 0 Å². The zero-order valence-corrected chi connectivity index (χ0v) is 7.46. The SMILES string of the molecule is NCCNc1noc2ccc(F)cc12. The maximum atomic E-state index is 12.9. The van der Waals surface area contributed by atoms with Crippen molar-refractivity contribution >= 4 is 16.8 Å². The van der Waals surface area contributed by atoms with Crippen LogP contribution in [-0.2, 0) is 0 Å². The Balaban J connectivity index is 2.40. The van der Waals surface area contributed by atoms with Crippen molar-refractivity contribution < 1.29 is 8.91 Å². The molecule has 0 radical (unpaired) electrons. The van der Waals surface area contributed by atoms with Gasteiger partial charge in [0.1, 0.15) is 5.82 Å². The predicted molar refractivity (Wildman–Crippen MR) is 51.5 cm³/mol. The van der Waals surface area contributed by atoms with Crippen LogP contribution in [0.2, 0.25) is 0 Å². The Kier molecular flexibility index (Phi) is 2.32. The van der Waals surface area contributed by atoms with Crippen LogP contribution in [0.1, 0.15) is 0 Å². The summed E-state index contributed by atoms with van der Waals surface area (Å²) in [7, 11) is 0. The van der Waals surface area contributed by atoms with E-state index in [9.17, 15) is 4.39 Å². The van der Waals surface area contributed by atoms with Crippen LogP contribution in [0.15, 0.2) is 22.7 Å². The first-order chi connectivity index (χ1) is 6.81. The van der Waals surface area contributed by atoms with Crippen molar-refractivity contribution in [2.24, 2.45) is 5.73 Å². The first kappa shape index (κ1) is 8.96. The maximum absolute atomic E-state index is 12.9. The molecular formula is C9H10FN3O. The number of rotatable bonds is 3. The van der Waals surface area contributed by atoms with Crippen LogP contribution in [0, 0.1) is 5.82 Å². The van der Waals surface area contributed by atoms with Crippen molar-refractivity contribution in [2.45, 2.75) is 0 Å². The molecule has 0 amide bonds. The molecule has 0 aliphatic carbocycles. The molecule has 2 aromatic rings. The summed E-state index contributed by atoms with van der Waals surface area (Å²) in [6.07, 6.45) is 0. The van der Waals surface area contributed by atoms with Crippen molar-refractivity contribution in [3.8, 4) is 0 Å². The van der Waals surface area contributed by atoms with Crippen molar-refractivity contribution in [3.05, 3.63) is 24.0 Å². The molecule has 1 aromatic heterocycles. The van der Waals surface area contributed by atoms with E-state index >= 15 is 0 Å². The molecule has 5 heteroatoms. The highest BCUT2D eigenvalue weighted by atomic mass is 19.1. The Hall–Kier alpha value is -1.62. The van der Waals surface area contributed by atoms with Crippen molar-refractivity contribution in [1.82, 2.24) is 5.16 Å². The summed E-state index contributed by atoms with van der Waals surface area (Å²) < 4.78 is 17.9. The van der Waals surface area contributed by atoms with E-state index in [1.807, 2.05) is 0 Å². The van der Waals surface area contributed by atoms with E-state index in [0.717, 1.165) is 0 Å². The summed E-state index contributed by atoms with van der Waals surface area (Å²) in [6.45, 7) is 1.07. The quantitative estimate of drug-likeness (QED) is 0.775. The van der Waals surface area contributed by atoms with Gasteiger partial charge >= 0.3 is 0 Å². The van der Waals surface area contributed by atoms with Crippen LogP contribution < -0.4 is 11.1 Å². The van der Waals surface area contributed by atoms with E-state index in [4.69, 9.17) is 10.3 Å². The number of anilines is 1. The monoisotopic (exact) mass is 195 g/mol. The van der Waals surface area contributed by atoms with Gasteiger partial charge in [-0.2, -0.15) is 0 Å². The van der Waals surface area contributed by atoms with Gasteiger partial charge in [0.25, 0.3) is 0 Å². The molecule has 0 fully saturated rings. The largest absolute Gasteiger partial charge is 0.365 e. The third-order valence-corrected chi connectivity index (χ3v) is 1.87. The van der Waals surface area contributed by atoms with Gasteiger partial charge in [-0.05, 0) is 18.2 Å². The predicted octanol–water partition coefficient (Wildman–Crippen LogP) is 1.34. The number of hydrogen-bond acceptors (Lipinski definition) is 4. The number of nitrogens with two attached hydrogens (primary N) is 1. The second kappa shape index (κ2) is 3.63. The van der Waals surface area contributed by atoms with Gasteiger partial charge in [-0.1, -0.05) is 5.16 Å². The van der Waals surface area contributed by atoms with Gasteiger partial charge in [-0.25, -0.2) is 4.39 Å². The maximum Gasteiger partial charge on any atom is 0.177 e. The summed E-state index contributed by atoms with van der Waals surface area (Å²) in [5.74, 6) is 0.224. The van der Waals surface area contributed by atoms with E-state index in [2.05, 4.69) is 10.5 Å². The Morgan fingerprint density at radius 2 is 2.36 bits per heavy atom. The van der Waals surface area contributed by atoms with Gasteiger partial charge in [0, 0.05) is 13.1 Å². The Morgan fingerprint density at radius 3 is 3.14 bits per heavy atom. The normalized spacial score (nSPS) is 10.7. The third kappa shape index (κ3) is 1.54. The number of benzene rings is 1. The van der Waals surface area contributed by atoms with Crippen LogP contribution in [0.4, 0.5) is 10.2 Å². The average molecular weight is 195 g/mol. The van der Waals surface area contributed by atoms with Crippen molar-refractivity contribution in [2.75, 3.05) is 18.4 Å². The molecular weight excluding hydrogens is 185 g/mol. The molecule has 3 N–H and O–H groups in total. The molecule has 0 bridgehead atoms. The number of fused-ring (bicyclic) bond motifs is 1. The Bertz CT molecular complexity index is 441. The van der Waals surface area contributed by atoms with E-state index < -0.39 is 0 Å². The molecule has 4 nitrogen and oxygen atoms in total. The topological polar surface area (TPSA) is 64.1 Å². The van der Waals surface area contributed by atoms with E-state index in [-0.39, 0.29) is 5.82 Å². The molecule has 74 valence electrons. The van der Waals surface area contributed by atoms with Crippen LogP contribution in [0.3, 0.4) is 0 Å². The lowest BCUT2D eigenvalue weighted by Gasteiger charge is -1.98. The van der Waals surface area contributed by atoms with Gasteiger partial charge in [0.2, 0.25) is 0 Å². The standard InChI is InChI=1S/C9H10FN3O/c10-6-1-2-8-7(5-6)9(13-14-8)12-4-3-11/h1-2,5H,3-4,11H2,(H,12,13). The average Bonchev–Trinajstić information content (AvgIpc) is 2.57. The molecule has 14 heavy (non-hydrogen) atoms. The Labute approximate surface area is 79.9 Å². The van der Waals surface area contributed by atoms with Crippen LogP contribution in [0.5, 0.6) is 0 Å². The van der Waals surface area contributed by atoms with Gasteiger partial charge in [0.05, 0.1) is 5.39 Å². The van der Waals surface area contributed by atoms with Crippen LogP contribution in [-0.4, -0.2) is 18.2 Å². The van der Waals surface area contributed by atoms with Gasteiger partial charge in [0.15, 0.2) is 11.4 Å². The van der Waals surface area contributed by atoms with Crippen LogP contribution in [0.25, 0.3) is 11.0 Å². The minimum atomic E-state index is -0.309. The zero-order valence-electron chi connectivity index (χ0n) is 7.46. The summed E-state index contributed by atoms with van der Waals surface area (Å²) >= 11 is 0. The highest BCUT2D eigenvalue weighted by molar-refractivity contribution is 5.87. The zero-order chi connectivity index (χ0) is 9.97. The Morgan fingerprint density at radius 1 is 1.50 bits per heavy atom. The lowest BCUT2D eigenvalue weighted by Crippen LogP contribution is -2.13. The third-order valence-electron chi connectivity index (χ3n) is 1.87. The summed E-state index contributed by atoms with van der Waals surface area (Å²) in [5.41, 5.74) is 5.89. The number of aromatic nitrogens is 1. The minimum absolute atomic E-state index is 0.309. The molecule has 0 atom stereocenters. The molecule has 1 aromatic carbocycles. The molecule has 0 spiro atoms. The fraction of sp³-hybridized carbons (Fsp3) is 0.222. The minimum Gasteiger partial charge on any atom is -0.365 e. The number of halogens is 1. The molecule has 0 saturated heterocycles. The second-order valence-electron chi connectivity index (χ2n) is 2.89. The lowest BCUT2D eigenvalue weighted by atomic mass is 10.2. The van der Waals surface area contributed by atoms with E-state index in [0.29, 0.717) is 29.9 Å². The molecule has 2 rings (SSSR count). The number of hydrogen-bond donors (Lipinski definition) is 2. The first-order valence-electron chi connectivity index (χ1n) is 4.30.